The van der Waals surface area contributed by atoms with Crippen molar-refractivity contribution >= 4 is 5.78 Å². The Morgan fingerprint density at radius 1 is 1.20 bits per heavy atom. The van der Waals surface area contributed by atoms with Gasteiger partial charge < -0.3 is 9.84 Å². The van der Waals surface area contributed by atoms with E-state index >= 15 is 0 Å². The average Bonchev–Trinajstić information content (AvgIpc) is 3.07. The van der Waals surface area contributed by atoms with Gasteiger partial charge in [-0.2, -0.15) is 9.50 Å². The van der Waals surface area contributed by atoms with E-state index in [0.717, 1.165) is 31.2 Å². The molecule has 1 aliphatic carbocycles. The van der Waals surface area contributed by atoms with Gasteiger partial charge in [0.25, 0.3) is 11.3 Å². The van der Waals surface area contributed by atoms with E-state index in [1.165, 1.54) is 10.6 Å². The van der Waals surface area contributed by atoms with E-state index in [2.05, 4.69) is 15.1 Å². The van der Waals surface area contributed by atoms with Crippen LogP contribution in [0.15, 0.2) is 41.2 Å². The Kier molecular flexibility index (Phi) is 4.33. The predicted octanol–water partition coefficient (Wildman–Crippen LogP) is 1.90. The summed E-state index contributed by atoms with van der Waals surface area (Å²) in [5.41, 5.74) is 1.17. The molecule has 2 N–H and O–H groups in total. The maximum absolute atomic E-state index is 12.3. The van der Waals surface area contributed by atoms with Gasteiger partial charge in [-0.15, -0.1) is 0 Å². The first-order chi connectivity index (χ1) is 12.2. The van der Waals surface area contributed by atoms with Gasteiger partial charge in [-0.25, -0.2) is 4.98 Å². The van der Waals surface area contributed by atoms with Crippen LogP contribution in [0, 0.1) is 0 Å². The van der Waals surface area contributed by atoms with E-state index in [0.29, 0.717) is 17.3 Å². The van der Waals surface area contributed by atoms with Crippen LogP contribution >= 0.6 is 0 Å². The lowest BCUT2D eigenvalue weighted by Crippen LogP contribution is -2.32. The number of benzene rings is 1. The molecular weight excluding hydrogens is 320 g/mol. The molecule has 3 aromatic rings. The van der Waals surface area contributed by atoms with E-state index in [4.69, 9.17) is 4.74 Å². The minimum atomic E-state index is -0.436. The number of hydrogen-bond acceptors (Lipinski definition) is 5. The maximum Gasteiger partial charge on any atom is 0.274 e. The fraction of sp³-hybridized carbons (Fsp3) is 0.389. The summed E-state index contributed by atoms with van der Waals surface area (Å²) in [7, 11) is 0. The van der Waals surface area contributed by atoms with Crippen molar-refractivity contribution in [2.24, 2.45) is 0 Å². The Bertz CT molecular complexity index is 919. The SMILES string of the molecule is O=c1cc(COC2CCCCC2O)nc2nc(-c3ccccc3)[nH]n12. The van der Waals surface area contributed by atoms with Gasteiger partial charge in [-0.05, 0) is 12.8 Å². The van der Waals surface area contributed by atoms with Crippen molar-refractivity contribution in [2.45, 2.75) is 44.5 Å². The highest BCUT2D eigenvalue weighted by Gasteiger charge is 2.23. The van der Waals surface area contributed by atoms with Gasteiger partial charge in [-0.1, -0.05) is 43.2 Å². The molecule has 2 unspecified atom stereocenters. The van der Waals surface area contributed by atoms with Crippen LogP contribution in [-0.4, -0.2) is 36.9 Å². The Morgan fingerprint density at radius 3 is 2.80 bits per heavy atom. The normalized spacial score (nSPS) is 20.8. The zero-order valence-electron chi connectivity index (χ0n) is 13.8. The van der Waals surface area contributed by atoms with Crippen LogP contribution in [0.4, 0.5) is 0 Å². The first-order valence-electron chi connectivity index (χ1n) is 8.54. The second-order valence-electron chi connectivity index (χ2n) is 6.36. The summed E-state index contributed by atoms with van der Waals surface area (Å²) >= 11 is 0. The monoisotopic (exact) mass is 340 g/mol. The van der Waals surface area contributed by atoms with Gasteiger partial charge in [0.05, 0.1) is 24.5 Å². The number of nitrogens with one attached hydrogen (secondary N) is 1. The minimum absolute atomic E-state index is 0.187. The highest BCUT2D eigenvalue weighted by Crippen LogP contribution is 2.22. The number of aromatic nitrogens is 4. The van der Waals surface area contributed by atoms with E-state index in [-0.39, 0.29) is 18.3 Å². The van der Waals surface area contributed by atoms with Crippen LogP contribution in [0.3, 0.4) is 0 Å². The number of hydrogen-bond donors (Lipinski definition) is 2. The molecule has 0 radical (unpaired) electrons. The zero-order chi connectivity index (χ0) is 17.2. The Balaban J connectivity index is 1.58. The van der Waals surface area contributed by atoms with Crippen LogP contribution in [-0.2, 0) is 11.3 Å². The number of H-pyrrole nitrogens is 1. The topological polar surface area (TPSA) is 92.5 Å². The lowest BCUT2D eigenvalue weighted by molar-refractivity contribution is -0.0669. The summed E-state index contributed by atoms with van der Waals surface area (Å²) in [5, 5.41) is 12.9. The Hall–Kier alpha value is -2.51. The van der Waals surface area contributed by atoms with Gasteiger partial charge in [0, 0.05) is 11.6 Å². The van der Waals surface area contributed by atoms with Crippen molar-refractivity contribution in [2.75, 3.05) is 0 Å². The van der Waals surface area contributed by atoms with Crippen molar-refractivity contribution in [1.29, 1.82) is 0 Å². The molecule has 0 aliphatic heterocycles. The average molecular weight is 340 g/mol. The largest absolute Gasteiger partial charge is 0.390 e. The molecule has 1 saturated carbocycles. The quantitative estimate of drug-likeness (QED) is 0.757. The molecule has 4 rings (SSSR count). The summed E-state index contributed by atoms with van der Waals surface area (Å²) in [6, 6.07) is 11.0. The van der Waals surface area contributed by atoms with Crippen molar-refractivity contribution in [3.8, 4) is 11.4 Å². The molecule has 0 spiro atoms. The van der Waals surface area contributed by atoms with Crippen LogP contribution < -0.4 is 5.56 Å². The summed E-state index contributed by atoms with van der Waals surface area (Å²) < 4.78 is 7.10. The highest BCUT2D eigenvalue weighted by atomic mass is 16.5. The number of rotatable bonds is 4. The summed E-state index contributed by atoms with van der Waals surface area (Å²) in [4.78, 5) is 21.1. The molecule has 0 saturated heterocycles. The van der Waals surface area contributed by atoms with E-state index in [9.17, 15) is 9.90 Å². The van der Waals surface area contributed by atoms with Gasteiger partial charge in [0.2, 0.25) is 0 Å². The number of nitrogens with zero attached hydrogens (tertiary/aromatic N) is 3. The summed E-state index contributed by atoms with van der Waals surface area (Å²) in [6.07, 6.45) is 3.06. The third-order valence-corrected chi connectivity index (χ3v) is 4.54. The van der Waals surface area contributed by atoms with E-state index in [1.54, 1.807) is 0 Å². The molecule has 130 valence electrons. The first-order valence-corrected chi connectivity index (χ1v) is 8.54. The molecule has 0 amide bonds. The lowest BCUT2D eigenvalue weighted by Gasteiger charge is -2.27. The molecule has 2 atom stereocenters. The van der Waals surface area contributed by atoms with Crippen molar-refractivity contribution in [3.63, 3.8) is 0 Å². The summed E-state index contributed by atoms with van der Waals surface area (Å²) in [5.74, 6) is 0.903. The number of aromatic amines is 1. The predicted molar refractivity (Wildman–Crippen MR) is 92.1 cm³/mol. The number of ether oxygens (including phenoxy) is 1. The second kappa shape index (κ2) is 6.78. The van der Waals surface area contributed by atoms with Crippen LogP contribution in [0.1, 0.15) is 31.4 Å². The van der Waals surface area contributed by atoms with Gasteiger partial charge in [0.1, 0.15) is 0 Å². The standard InChI is InChI=1S/C18H20N4O3/c23-14-8-4-5-9-15(14)25-11-13-10-16(24)22-18(19-13)20-17(21-22)12-6-2-1-3-7-12/h1-3,6-7,10,14-15,23H,4-5,8-9,11H2,(H,19,20,21). The molecule has 1 aliphatic rings. The van der Waals surface area contributed by atoms with Gasteiger partial charge in [-0.3, -0.25) is 9.89 Å². The maximum atomic E-state index is 12.3. The lowest BCUT2D eigenvalue weighted by atomic mass is 9.95. The molecule has 2 heterocycles. The van der Waals surface area contributed by atoms with E-state index < -0.39 is 6.10 Å². The van der Waals surface area contributed by atoms with E-state index in [1.807, 2.05) is 30.3 Å². The molecule has 1 aromatic carbocycles. The number of fused-ring (bicyclic) bond motifs is 1. The Labute approximate surface area is 144 Å². The number of aliphatic hydroxyl groups is 1. The van der Waals surface area contributed by atoms with Crippen LogP contribution in [0.2, 0.25) is 0 Å². The van der Waals surface area contributed by atoms with Crippen LogP contribution in [0.5, 0.6) is 0 Å². The van der Waals surface area contributed by atoms with Gasteiger partial charge in [0.15, 0.2) is 5.82 Å². The van der Waals surface area contributed by atoms with Crippen molar-refractivity contribution in [1.82, 2.24) is 19.6 Å². The van der Waals surface area contributed by atoms with Crippen LogP contribution in [0.25, 0.3) is 17.2 Å². The second-order valence-corrected chi connectivity index (χ2v) is 6.36. The zero-order valence-corrected chi connectivity index (χ0v) is 13.8. The minimum Gasteiger partial charge on any atom is -0.390 e. The van der Waals surface area contributed by atoms with Crippen molar-refractivity contribution in [3.05, 3.63) is 52.4 Å². The molecule has 0 bridgehead atoms. The third-order valence-electron chi connectivity index (χ3n) is 4.54. The molecule has 1 fully saturated rings. The Morgan fingerprint density at radius 2 is 2.00 bits per heavy atom. The third kappa shape index (κ3) is 3.33. The van der Waals surface area contributed by atoms with Crippen molar-refractivity contribution < 1.29 is 9.84 Å². The molecule has 7 nitrogen and oxygen atoms in total. The molecule has 25 heavy (non-hydrogen) atoms. The fourth-order valence-electron chi connectivity index (χ4n) is 3.19. The molecular formula is C18H20N4O3. The highest BCUT2D eigenvalue weighted by molar-refractivity contribution is 5.56. The smallest absolute Gasteiger partial charge is 0.274 e. The fourth-order valence-corrected chi connectivity index (χ4v) is 3.19. The first kappa shape index (κ1) is 16.0. The number of aliphatic hydroxyl groups excluding tert-OH is 1. The summed E-state index contributed by atoms with van der Waals surface area (Å²) in [6.45, 7) is 0.195. The van der Waals surface area contributed by atoms with Gasteiger partial charge >= 0.3 is 0 Å². The molecule has 2 aromatic heterocycles. The molecule has 7 heteroatoms.